The van der Waals surface area contributed by atoms with Crippen molar-refractivity contribution in [2.45, 2.75) is 0 Å². The number of aromatic nitrogens is 2. The van der Waals surface area contributed by atoms with Gasteiger partial charge in [-0.15, -0.1) is 0 Å². The van der Waals surface area contributed by atoms with Gasteiger partial charge in [-0.25, -0.2) is 4.79 Å². The average Bonchev–Trinajstić information content (AvgIpc) is 2.56. The zero-order valence-corrected chi connectivity index (χ0v) is 8.21. The van der Waals surface area contributed by atoms with E-state index in [9.17, 15) is 14.9 Å². The lowest BCUT2D eigenvalue weighted by atomic mass is 10.3. The molecule has 0 aliphatic heterocycles. The Hall–Kier alpha value is -2.18. The summed E-state index contributed by atoms with van der Waals surface area (Å²) in [5.41, 5.74) is 0.451. The van der Waals surface area contributed by atoms with Crippen molar-refractivity contribution in [3.63, 3.8) is 0 Å². The van der Waals surface area contributed by atoms with Crippen LogP contribution in [0, 0.1) is 10.1 Å². The Morgan fingerprint density at radius 3 is 2.87 bits per heavy atom. The number of rotatable bonds is 3. The number of hydrogen-bond donors (Lipinski definition) is 0. The molecule has 0 unspecified atom stereocenters. The van der Waals surface area contributed by atoms with Crippen LogP contribution in [0.3, 0.4) is 0 Å². The molecule has 0 bridgehead atoms. The third-order valence-electron chi connectivity index (χ3n) is 1.68. The molecule has 80 valence electrons. The zero-order valence-electron chi connectivity index (χ0n) is 8.21. The molecule has 0 spiro atoms. The average molecular weight is 211 g/mol. The van der Waals surface area contributed by atoms with E-state index in [1.54, 1.807) is 7.05 Å². The van der Waals surface area contributed by atoms with E-state index >= 15 is 0 Å². The summed E-state index contributed by atoms with van der Waals surface area (Å²) in [6.07, 6.45) is 2.56. The second-order valence-corrected chi connectivity index (χ2v) is 2.66. The van der Waals surface area contributed by atoms with Crippen molar-refractivity contribution in [3.05, 3.63) is 28.0 Å². The van der Waals surface area contributed by atoms with Crippen LogP contribution in [0.1, 0.15) is 5.69 Å². The van der Waals surface area contributed by atoms with Crippen LogP contribution in [-0.2, 0) is 16.6 Å². The molecule has 1 aromatic rings. The number of aryl methyl sites for hydroxylation is 1. The van der Waals surface area contributed by atoms with E-state index in [2.05, 4.69) is 9.84 Å². The minimum Gasteiger partial charge on any atom is -0.466 e. The Morgan fingerprint density at radius 2 is 2.40 bits per heavy atom. The summed E-state index contributed by atoms with van der Waals surface area (Å²) in [5.74, 6) is -0.791. The number of nitrogens with zero attached hydrogens (tertiary/aromatic N) is 3. The first-order chi connectivity index (χ1) is 7.04. The van der Waals surface area contributed by atoms with Crippen LogP contribution in [0.5, 0.6) is 0 Å². The van der Waals surface area contributed by atoms with Crippen LogP contribution in [0.15, 0.2) is 12.1 Å². The smallest absolute Gasteiger partial charge is 0.390 e. The van der Waals surface area contributed by atoms with Crippen molar-refractivity contribution < 1.29 is 14.5 Å². The molecule has 15 heavy (non-hydrogen) atoms. The van der Waals surface area contributed by atoms with Crippen LogP contribution >= 0.6 is 0 Å². The van der Waals surface area contributed by atoms with Crippen LogP contribution in [-0.4, -0.2) is 27.8 Å². The maximum atomic E-state index is 10.8. The highest BCUT2D eigenvalue weighted by molar-refractivity contribution is 5.86. The third kappa shape index (κ3) is 2.63. The second kappa shape index (κ2) is 4.36. The van der Waals surface area contributed by atoms with Crippen molar-refractivity contribution in [2.24, 2.45) is 7.05 Å². The Labute approximate surface area is 85.1 Å². The quantitative estimate of drug-likeness (QED) is 0.314. The molecule has 0 saturated carbocycles. The predicted molar refractivity (Wildman–Crippen MR) is 50.9 cm³/mol. The lowest BCUT2D eigenvalue weighted by Gasteiger charge is -1.89. The fourth-order valence-electron chi connectivity index (χ4n) is 0.933. The molecule has 7 heteroatoms. The van der Waals surface area contributed by atoms with Crippen LogP contribution in [0.2, 0.25) is 0 Å². The fourth-order valence-corrected chi connectivity index (χ4v) is 0.933. The molecule has 1 rings (SSSR count). The van der Waals surface area contributed by atoms with E-state index in [1.165, 1.54) is 30.0 Å². The normalized spacial score (nSPS) is 10.5. The van der Waals surface area contributed by atoms with E-state index in [0.717, 1.165) is 0 Å². The zero-order chi connectivity index (χ0) is 11.4. The number of carbonyl (C=O) groups is 1. The van der Waals surface area contributed by atoms with Crippen molar-refractivity contribution in [1.29, 1.82) is 0 Å². The summed E-state index contributed by atoms with van der Waals surface area (Å²) in [5, 5.41) is 14.0. The fraction of sp³-hybridized carbons (Fsp3) is 0.250. The Kier molecular flexibility index (Phi) is 3.17. The highest BCUT2D eigenvalue weighted by Gasteiger charge is 2.13. The molecule has 7 nitrogen and oxygen atoms in total. The van der Waals surface area contributed by atoms with E-state index in [4.69, 9.17) is 0 Å². The Morgan fingerprint density at radius 1 is 1.73 bits per heavy atom. The molecule has 0 aliphatic rings. The van der Waals surface area contributed by atoms with Crippen LogP contribution in [0.4, 0.5) is 5.82 Å². The van der Waals surface area contributed by atoms with Gasteiger partial charge in [0.1, 0.15) is 0 Å². The summed E-state index contributed by atoms with van der Waals surface area (Å²) in [6, 6.07) is 1.26. The predicted octanol–water partition coefficient (Wildman–Crippen LogP) is 0.514. The minimum absolute atomic E-state index is 0.262. The van der Waals surface area contributed by atoms with Gasteiger partial charge >= 0.3 is 11.8 Å². The molecular formula is C8H9N3O4. The van der Waals surface area contributed by atoms with E-state index in [1.807, 2.05) is 0 Å². The van der Waals surface area contributed by atoms with Gasteiger partial charge in [-0.05, 0) is 11.0 Å². The standard InChI is InChI=1S/C8H9N3O4/c1-10-6(3-4-8(12)15-2)5-7(9-10)11(13)14/h3-5H,1-2H3/b4-3+. The third-order valence-corrected chi connectivity index (χ3v) is 1.68. The van der Waals surface area contributed by atoms with E-state index < -0.39 is 10.9 Å². The Bertz CT molecular complexity index is 422. The number of ether oxygens (including phenoxy) is 1. The van der Waals surface area contributed by atoms with Gasteiger partial charge in [-0.2, -0.15) is 4.68 Å². The van der Waals surface area contributed by atoms with Crippen LogP contribution < -0.4 is 0 Å². The number of nitro groups is 1. The first-order valence-corrected chi connectivity index (χ1v) is 3.99. The molecule has 0 aromatic carbocycles. The molecule has 0 aliphatic carbocycles. The summed E-state index contributed by atoms with van der Waals surface area (Å²) in [7, 11) is 2.79. The van der Waals surface area contributed by atoms with E-state index in [0.29, 0.717) is 5.69 Å². The van der Waals surface area contributed by atoms with Gasteiger partial charge in [0.2, 0.25) is 0 Å². The SMILES string of the molecule is COC(=O)/C=C/c1cc([N+](=O)[O-])nn1C. The van der Waals surface area contributed by atoms with Gasteiger partial charge in [0.05, 0.1) is 31.0 Å². The summed E-state index contributed by atoms with van der Waals surface area (Å²) in [4.78, 5) is 20.5. The largest absolute Gasteiger partial charge is 0.466 e. The number of esters is 1. The van der Waals surface area contributed by atoms with E-state index in [-0.39, 0.29) is 5.82 Å². The highest BCUT2D eigenvalue weighted by atomic mass is 16.6. The lowest BCUT2D eigenvalue weighted by molar-refractivity contribution is -0.389. The lowest BCUT2D eigenvalue weighted by Crippen LogP contribution is -1.96. The molecule has 1 heterocycles. The molecule has 0 fully saturated rings. The molecule has 1 aromatic heterocycles. The maximum absolute atomic E-state index is 10.8. The minimum atomic E-state index is -0.602. The number of hydrogen-bond acceptors (Lipinski definition) is 5. The summed E-state index contributed by atoms with van der Waals surface area (Å²) < 4.78 is 5.68. The van der Waals surface area contributed by atoms with Gasteiger partial charge in [0.15, 0.2) is 0 Å². The van der Waals surface area contributed by atoms with Crippen molar-refractivity contribution >= 4 is 17.9 Å². The van der Waals surface area contributed by atoms with Crippen molar-refractivity contribution in [2.75, 3.05) is 7.11 Å². The molecule has 0 radical (unpaired) electrons. The van der Waals surface area contributed by atoms with Gasteiger partial charge in [0.25, 0.3) is 0 Å². The highest BCUT2D eigenvalue weighted by Crippen LogP contribution is 2.11. The maximum Gasteiger partial charge on any atom is 0.390 e. The summed E-state index contributed by atoms with van der Waals surface area (Å²) >= 11 is 0. The van der Waals surface area contributed by atoms with Crippen molar-refractivity contribution in [1.82, 2.24) is 9.78 Å². The van der Waals surface area contributed by atoms with Gasteiger partial charge in [-0.1, -0.05) is 0 Å². The molecular weight excluding hydrogens is 202 g/mol. The molecule has 0 atom stereocenters. The summed E-state index contributed by atoms with van der Waals surface area (Å²) in [6.45, 7) is 0. The number of methoxy groups -OCH3 is 1. The van der Waals surface area contributed by atoms with Crippen molar-refractivity contribution in [3.8, 4) is 0 Å². The first-order valence-electron chi connectivity index (χ1n) is 3.99. The molecule has 0 amide bonds. The van der Waals surface area contributed by atoms with Gasteiger partial charge in [-0.3, -0.25) is 0 Å². The molecule has 0 saturated heterocycles. The first kappa shape index (κ1) is 10.9. The second-order valence-electron chi connectivity index (χ2n) is 2.66. The van der Waals surface area contributed by atoms with Gasteiger partial charge < -0.3 is 14.9 Å². The topological polar surface area (TPSA) is 87.3 Å². The monoisotopic (exact) mass is 211 g/mol. The van der Waals surface area contributed by atoms with Crippen LogP contribution in [0.25, 0.3) is 6.08 Å². The number of carbonyl (C=O) groups excluding carboxylic acids is 1. The van der Waals surface area contributed by atoms with Gasteiger partial charge in [0, 0.05) is 6.08 Å². The Balaban J connectivity index is 2.91. The molecule has 0 N–H and O–H groups in total.